The molecule has 3 rings (SSSR count). The number of hydrogen-bond donors (Lipinski definition) is 2. The van der Waals surface area contributed by atoms with E-state index in [4.69, 9.17) is 28.9 Å². The summed E-state index contributed by atoms with van der Waals surface area (Å²) in [7, 11) is 0. The van der Waals surface area contributed by atoms with E-state index in [2.05, 4.69) is 15.2 Å². The monoisotopic (exact) mass is 323 g/mol. The zero-order valence-electron chi connectivity index (χ0n) is 11.0. The Labute approximate surface area is 129 Å². The summed E-state index contributed by atoms with van der Waals surface area (Å²) in [5.41, 5.74) is 6.50. The maximum atomic E-state index is 12.8. The lowest BCUT2D eigenvalue weighted by Crippen LogP contribution is -2.27. The number of fused-ring (bicyclic) bond motifs is 1. The first-order valence-electron chi connectivity index (χ1n) is 6.16. The van der Waals surface area contributed by atoms with Gasteiger partial charge < -0.3 is 5.73 Å². The Morgan fingerprint density at radius 1 is 1.33 bits per heavy atom. The van der Waals surface area contributed by atoms with Crippen LogP contribution < -0.4 is 11.3 Å². The van der Waals surface area contributed by atoms with Crippen LogP contribution in [-0.4, -0.2) is 19.7 Å². The number of nitrogens with one attached hydrogen (secondary N) is 1. The number of aromatic amines is 1. The third-order valence-corrected chi connectivity index (χ3v) is 3.72. The molecule has 1 atom stereocenters. The first-order valence-corrected chi connectivity index (χ1v) is 6.91. The van der Waals surface area contributed by atoms with Gasteiger partial charge in [-0.1, -0.05) is 23.2 Å². The Morgan fingerprint density at radius 2 is 2.05 bits per heavy atom. The van der Waals surface area contributed by atoms with Gasteiger partial charge in [0.25, 0.3) is 5.56 Å². The first-order chi connectivity index (χ1) is 10.0. The highest BCUT2D eigenvalue weighted by Gasteiger charge is 2.19. The molecule has 0 bridgehead atoms. The van der Waals surface area contributed by atoms with Crippen LogP contribution in [0.4, 0.5) is 0 Å². The van der Waals surface area contributed by atoms with Gasteiger partial charge in [0, 0.05) is 6.20 Å². The van der Waals surface area contributed by atoms with Gasteiger partial charge in [0.15, 0.2) is 0 Å². The second kappa shape index (κ2) is 5.14. The van der Waals surface area contributed by atoms with Crippen LogP contribution in [0.5, 0.6) is 0 Å². The second-order valence-corrected chi connectivity index (χ2v) is 5.42. The van der Waals surface area contributed by atoms with Gasteiger partial charge in [0.05, 0.1) is 38.9 Å². The standard InChI is InChI=1S/C13H11Cl2N5O/c1-6(16)12-19-11-9(15)3-2-8(14)10(11)13(21)20(12)7-4-17-18-5-7/h2-6H,16H2,1H3,(H,17,18). The Kier molecular flexibility index (Phi) is 3.44. The smallest absolute Gasteiger partial charge is 0.267 e. The van der Waals surface area contributed by atoms with Gasteiger partial charge in [0.1, 0.15) is 5.82 Å². The molecular weight excluding hydrogens is 313 g/mol. The Hall–Kier alpha value is -1.89. The minimum absolute atomic E-state index is 0.259. The van der Waals surface area contributed by atoms with Crippen molar-refractivity contribution in [2.75, 3.05) is 0 Å². The largest absolute Gasteiger partial charge is 0.322 e. The van der Waals surface area contributed by atoms with Crippen molar-refractivity contribution in [3.8, 4) is 5.69 Å². The fourth-order valence-electron chi connectivity index (χ4n) is 2.16. The van der Waals surface area contributed by atoms with E-state index in [0.717, 1.165) is 0 Å². The molecule has 0 radical (unpaired) electrons. The SMILES string of the molecule is CC(N)c1nc2c(Cl)ccc(Cl)c2c(=O)n1-c1cn[nH]c1. The number of halogens is 2. The molecule has 21 heavy (non-hydrogen) atoms. The predicted octanol–water partition coefficient (Wildman–Crippen LogP) is 2.44. The molecule has 0 aliphatic heterocycles. The van der Waals surface area contributed by atoms with E-state index >= 15 is 0 Å². The van der Waals surface area contributed by atoms with Crippen molar-refractivity contribution in [1.29, 1.82) is 0 Å². The number of nitrogens with two attached hydrogens (primary N) is 1. The van der Waals surface area contributed by atoms with E-state index in [1.165, 1.54) is 10.8 Å². The molecule has 1 unspecified atom stereocenters. The molecule has 2 heterocycles. The Morgan fingerprint density at radius 3 is 2.67 bits per heavy atom. The predicted molar refractivity (Wildman–Crippen MR) is 82.1 cm³/mol. The Bertz CT molecular complexity index is 870. The molecular formula is C13H11Cl2N5O. The van der Waals surface area contributed by atoms with E-state index in [1.807, 2.05) is 0 Å². The van der Waals surface area contributed by atoms with Crippen molar-refractivity contribution in [1.82, 2.24) is 19.7 Å². The molecule has 3 aromatic rings. The summed E-state index contributed by atoms with van der Waals surface area (Å²) in [6, 6.07) is 2.71. The summed E-state index contributed by atoms with van der Waals surface area (Å²) < 4.78 is 1.39. The second-order valence-electron chi connectivity index (χ2n) is 4.61. The number of aromatic nitrogens is 4. The lowest BCUT2D eigenvalue weighted by molar-refractivity contribution is 0.696. The van der Waals surface area contributed by atoms with Gasteiger partial charge >= 0.3 is 0 Å². The van der Waals surface area contributed by atoms with Gasteiger partial charge in [-0.3, -0.25) is 14.5 Å². The molecule has 0 fully saturated rings. The molecule has 0 amide bonds. The molecule has 0 aliphatic carbocycles. The summed E-state index contributed by atoms with van der Waals surface area (Å²) in [5.74, 6) is 0.387. The maximum absolute atomic E-state index is 12.8. The normalized spacial score (nSPS) is 12.8. The lowest BCUT2D eigenvalue weighted by Gasteiger charge is -2.15. The van der Waals surface area contributed by atoms with Crippen LogP contribution in [-0.2, 0) is 0 Å². The van der Waals surface area contributed by atoms with E-state index < -0.39 is 6.04 Å². The molecule has 0 aliphatic rings. The van der Waals surface area contributed by atoms with Crippen LogP contribution in [0.2, 0.25) is 10.0 Å². The van der Waals surface area contributed by atoms with Crippen molar-refractivity contribution in [3.05, 3.63) is 50.7 Å². The molecule has 0 saturated heterocycles. The topological polar surface area (TPSA) is 89.6 Å². The van der Waals surface area contributed by atoms with Crippen molar-refractivity contribution in [3.63, 3.8) is 0 Å². The summed E-state index contributed by atoms with van der Waals surface area (Å²) >= 11 is 12.3. The quantitative estimate of drug-likeness (QED) is 0.757. The molecule has 0 saturated carbocycles. The fraction of sp³-hybridized carbons (Fsp3) is 0.154. The third kappa shape index (κ3) is 2.21. The van der Waals surface area contributed by atoms with Crippen LogP contribution in [0.1, 0.15) is 18.8 Å². The third-order valence-electron chi connectivity index (χ3n) is 3.10. The number of hydrogen-bond acceptors (Lipinski definition) is 4. The highest BCUT2D eigenvalue weighted by atomic mass is 35.5. The number of nitrogens with zero attached hydrogens (tertiary/aromatic N) is 3. The molecule has 3 N–H and O–H groups in total. The lowest BCUT2D eigenvalue weighted by atomic mass is 10.2. The van der Waals surface area contributed by atoms with Gasteiger partial charge in [-0.25, -0.2) is 4.98 Å². The van der Waals surface area contributed by atoms with Crippen molar-refractivity contribution >= 4 is 34.1 Å². The van der Waals surface area contributed by atoms with Crippen molar-refractivity contribution in [2.45, 2.75) is 13.0 Å². The van der Waals surface area contributed by atoms with Gasteiger partial charge in [-0.05, 0) is 19.1 Å². The number of H-pyrrole nitrogens is 1. The van der Waals surface area contributed by atoms with Crippen LogP contribution in [0.3, 0.4) is 0 Å². The first kappa shape index (κ1) is 14.1. The van der Waals surface area contributed by atoms with E-state index in [9.17, 15) is 4.79 Å². The molecule has 8 heteroatoms. The number of rotatable bonds is 2. The van der Waals surface area contributed by atoms with Crippen LogP contribution in [0.25, 0.3) is 16.6 Å². The highest BCUT2D eigenvalue weighted by molar-refractivity contribution is 6.39. The molecule has 108 valence electrons. The van der Waals surface area contributed by atoms with E-state index in [-0.39, 0.29) is 10.9 Å². The van der Waals surface area contributed by atoms with E-state index in [1.54, 1.807) is 25.3 Å². The molecule has 1 aromatic carbocycles. The van der Waals surface area contributed by atoms with Gasteiger partial charge in [-0.15, -0.1) is 0 Å². The average Bonchev–Trinajstić information content (AvgIpc) is 2.95. The summed E-state index contributed by atoms with van der Waals surface area (Å²) in [6.07, 6.45) is 3.10. The Balaban J connectivity index is 2.52. The summed E-state index contributed by atoms with van der Waals surface area (Å²) in [6.45, 7) is 1.74. The average molecular weight is 324 g/mol. The maximum Gasteiger partial charge on any atom is 0.267 e. The molecule has 0 spiro atoms. The van der Waals surface area contributed by atoms with Crippen LogP contribution in [0.15, 0.2) is 29.3 Å². The van der Waals surface area contributed by atoms with Crippen molar-refractivity contribution in [2.24, 2.45) is 5.73 Å². The summed E-state index contributed by atoms with van der Waals surface area (Å²) in [5, 5.41) is 7.41. The highest BCUT2D eigenvalue weighted by Crippen LogP contribution is 2.27. The van der Waals surface area contributed by atoms with E-state index in [0.29, 0.717) is 27.1 Å². The zero-order valence-corrected chi connectivity index (χ0v) is 12.5. The molecule has 6 nitrogen and oxygen atoms in total. The fourth-order valence-corrected chi connectivity index (χ4v) is 2.59. The molecule has 2 aromatic heterocycles. The minimum atomic E-state index is -0.466. The summed E-state index contributed by atoms with van der Waals surface area (Å²) in [4.78, 5) is 17.2. The van der Waals surface area contributed by atoms with Gasteiger partial charge in [-0.2, -0.15) is 5.10 Å². The van der Waals surface area contributed by atoms with Crippen LogP contribution in [0, 0.1) is 0 Å². The minimum Gasteiger partial charge on any atom is -0.322 e. The van der Waals surface area contributed by atoms with Crippen LogP contribution >= 0.6 is 23.2 Å². The number of benzene rings is 1. The zero-order chi connectivity index (χ0) is 15.1. The van der Waals surface area contributed by atoms with Gasteiger partial charge in [0.2, 0.25) is 0 Å². The van der Waals surface area contributed by atoms with Crippen molar-refractivity contribution < 1.29 is 0 Å².